The van der Waals surface area contributed by atoms with Crippen LogP contribution < -0.4 is 106 Å². The highest BCUT2D eigenvalue weighted by molar-refractivity contribution is 4.16. The number of hydrazine groups is 18. The van der Waals surface area contributed by atoms with Gasteiger partial charge in [-0.05, 0) is 0 Å². The highest BCUT2D eigenvalue weighted by atomic mass is 16.0. The van der Waals surface area contributed by atoms with Gasteiger partial charge in [-0.25, -0.2) is 0 Å². The Morgan fingerprint density at radius 2 is 0.421 bits per heavy atom. The molecular weight excluding hydrogens is 266 g/mol. The standard InChI is InChI=1S/H21N19/c1-3-5-7-9-11-13-15-17-19-18-16-14-12-10-8-6-4-2/h3-19H,1-2H2. The van der Waals surface area contributed by atoms with Gasteiger partial charge < -0.3 is 0 Å². The lowest BCUT2D eigenvalue weighted by Crippen LogP contribution is -2.69. The fraction of sp³-hybridized carbons (Fsp3) is 0. The SMILES string of the molecule is NNNNNNNNNNNNNNNNNNN. The van der Waals surface area contributed by atoms with Gasteiger partial charge >= 0.3 is 0 Å². The minimum atomic E-state index is 2.12. The molecule has 0 bridgehead atoms. The molecule has 0 aliphatic rings. The van der Waals surface area contributed by atoms with Crippen LogP contribution in [0.1, 0.15) is 0 Å². The number of nitrogens with two attached hydrogens (primary N) is 2. The molecule has 0 atom stereocenters. The van der Waals surface area contributed by atoms with Crippen LogP contribution in [0, 0.1) is 0 Å². The number of nitrogens with one attached hydrogen (secondary N) is 17. The van der Waals surface area contributed by atoms with Crippen molar-refractivity contribution in [3.05, 3.63) is 0 Å². The van der Waals surface area contributed by atoms with Crippen molar-refractivity contribution < 1.29 is 0 Å². The molecule has 19 heteroatoms. The average molecular weight is 287 g/mol. The Morgan fingerprint density at radius 3 is 0.579 bits per heavy atom. The summed E-state index contributed by atoms with van der Waals surface area (Å²) in [5.74, 6) is 9.77. The zero-order chi connectivity index (χ0) is 14.0. The summed E-state index contributed by atoms with van der Waals surface area (Å²) < 4.78 is 0. The largest absolute Gasteiger partial charge is 0.257 e. The fourth-order valence-corrected chi connectivity index (χ4v) is 0.478. The van der Waals surface area contributed by atoms with Gasteiger partial charge in [0.15, 0.2) is 0 Å². The van der Waals surface area contributed by atoms with E-state index in [4.69, 9.17) is 11.7 Å². The summed E-state index contributed by atoms with van der Waals surface area (Å²) in [6.45, 7) is 0. The first-order valence-electron chi connectivity index (χ1n) is 4.58. The quantitative estimate of drug-likeness (QED) is 0.0713. The van der Waals surface area contributed by atoms with E-state index in [0.29, 0.717) is 0 Å². The molecule has 0 saturated heterocycles. The van der Waals surface area contributed by atoms with Crippen LogP contribution in [0.3, 0.4) is 0 Å². The van der Waals surface area contributed by atoms with Gasteiger partial charge in [0.05, 0.1) is 0 Å². The van der Waals surface area contributed by atoms with Crippen LogP contribution in [0.2, 0.25) is 0 Å². The first-order chi connectivity index (χ1) is 9.41. The van der Waals surface area contributed by atoms with Crippen molar-refractivity contribution in [2.45, 2.75) is 0 Å². The Bertz CT molecular complexity index is 123. The van der Waals surface area contributed by atoms with Crippen LogP contribution in [-0.4, -0.2) is 0 Å². The Hall–Kier alpha value is -0.760. The Balaban J connectivity index is 2.88. The first-order valence-corrected chi connectivity index (χ1v) is 4.58. The molecular formula is H21N19. The van der Waals surface area contributed by atoms with Crippen molar-refractivity contribution in [3.8, 4) is 0 Å². The second-order valence-corrected chi connectivity index (χ2v) is 2.16. The normalized spacial score (nSPS) is 11.1. The van der Waals surface area contributed by atoms with Crippen LogP contribution in [-0.2, 0) is 0 Å². The highest BCUT2D eigenvalue weighted by Crippen LogP contribution is 1.28. The third-order valence-corrected chi connectivity index (χ3v) is 1.02. The summed E-state index contributed by atoms with van der Waals surface area (Å²) in [7, 11) is 0. The van der Waals surface area contributed by atoms with Crippen molar-refractivity contribution in [3.63, 3.8) is 0 Å². The Kier molecular flexibility index (Phi) is 16.6. The van der Waals surface area contributed by atoms with Gasteiger partial charge in [0.1, 0.15) is 0 Å². The van der Waals surface area contributed by atoms with Gasteiger partial charge in [-0.15, -0.1) is 0 Å². The maximum atomic E-state index is 4.89. The van der Waals surface area contributed by atoms with Crippen molar-refractivity contribution in [1.82, 2.24) is 94.1 Å². The topological polar surface area (TPSA) is 257 Å². The molecule has 0 aromatic carbocycles. The molecule has 21 N–H and O–H groups in total. The molecule has 0 aromatic heterocycles. The van der Waals surface area contributed by atoms with Gasteiger partial charge in [-0.3, -0.25) is 11.7 Å². The second kappa shape index (κ2) is 17.2. The number of rotatable bonds is 16. The van der Waals surface area contributed by atoms with E-state index < -0.39 is 0 Å². The molecule has 116 valence electrons. The molecule has 0 radical (unpaired) electrons. The summed E-state index contributed by atoms with van der Waals surface area (Å²) in [6, 6.07) is 0. The van der Waals surface area contributed by atoms with Gasteiger partial charge in [-0.1, -0.05) is 0 Å². The molecule has 0 amide bonds. The van der Waals surface area contributed by atoms with Crippen LogP contribution in [0.15, 0.2) is 0 Å². The molecule has 0 aliphatic heterocycles. The van der Waals surface area contributed by atoms with Gasteiger partial charge in [-0.2, -0.15) is 94.1 Å². The smallest absolute Gasteiger partial charge is 0.164 e. The molecule has 0 unspecified atom stereocenters. The zero-order valence-corrected chi connectivity index (χ0v) is 9.65. The third-order valence-electron chi connectivity index (χ3n) is 1.02. The van der Waals surface area contributed by atoms with E-state index in [1.807, 2.05) is 0 Å². The summed E-state index contributed by atoms with van der Waals surface area (Å²) >= 11 is 0. The van der Waals surface area contributed by atoms with Crippen LogP contribution >= 0.6 is 0 Å². The molecule has 19 heavy (non-hydrogen) atoms. The van der Waals surface area contributed by atoms with E-state index in [1.165, 1.54) is 0 Å². The Labute approximate surface area is 107 Å². The van der Waals surface area contributed by atoms with E-state index in [9.17, 15) is 0 Å². The molecule has 0 spiro atoms. The lowest BCUT2D eigenvalue weighted by Gasteiger charge is -2.14. The maximum absolute atomic E-state index is 4.89. The van der Waals surface area contributed by atoms with Crippen molar-refractivity contribution in [2.75, 3.05) is 0 Å². The number of hydrogen-bond donors (Lipinski definition) is 19. The highest BCUT2D eigenvalue weighted by Gasteiger charge is 1.82. The van der Waals surface area contributed by atoms with E-state index in [1.54, 1.807) is 0 Å². The second-order valence-electron chi connectivity index (χ2n) is 2.16. The molecule has 0 rings (SSSR count). The van der Waals surface area contributed by atoms with Crippen LogP contribution in [0.5, 0.6) is 0 Å². The molecule has 0 aromatic rings. The van der Waals surface area contributed by atoms with Crippen LogP contribution in [0.4, 0.5) is 0 Å². The zero-order valence-electron chi connectivity index (χ0n) is 9.65. The lowest BCUT2D eigenvalue weighted by molar-refractivity contribution is 0.199. The average Bonchev–Trinajstić information content (AvgIpc) is 2.43. The summed E-state index contributed by atoms with van der Waals surface area (Å²) in [6.07, 6.45) is 0. The van der Waals surface area contributed by atoms with Crippen LogP contribution in [0.25, 0.3) is 0 Å². The minimum absolute atomic E-state index is 2.12. The molecule has 0 heterocycles. The minimum Gasteiger partial charge on any atom is -0.257 e. The van der Waals surface area contributed by atoms with Crippen molar-refractivity contribution in [1.29, 1.82) is 0 Å². The molecule has 0 aliphatic carbocycles. The third kappa shape index (κ3) is 17.2. The predicted molar refractivity (Wildman–Crippen MR) is 61.7 cm³/mol. The summed E-state index contributed by atoms with van der Waals surface area (Å²) in [5, 5.41) is 0. The predicted octanol–water partition coefficient (Wildman–Crippen LogP) is -9.60. The fourth-order valence-electron chi connectivity index (χ4n) is 0.478. The maximum Gasteiger partial charge on any atom is -0.164 e. The Morgan fingerprint density at radius 1 is 0.263 bits per heavy atom. The van der Waals surface area contributed by atoms with E-state index in [2.05, 4.69) is 94.1 Å². The summed E-state index contributed by atoms with van der Waals surface area (Å²) in [5.41, 5.74) is 40.7. The molecule has 0 saturated carbocycles. The monoisotopic (exact) mass is 287 g/mol. The van der Waals surface area contributed by atoms with Gasteiger partial charge in [0, 0.05) is 0 Å². The van der Waals surface area contributed by atoms with Gasteiger partial charge in [0.25, 0.3) is 0 Å². The molecule has 0 fully saturated rings. The van der Waals surface area contributed by atoms with E-state index in [0.717, 1.165) is 0 Å². The lowest BCUT2D eigenvalue weighted by atomic mass is 12.0. The molecule has 19 nitrogen and oxygen atoms in total. The summed E-state index contributed by atoms with van der Waals surface area (Å²) in [4.78, 5) is 0. The number of hydrogen-bond acceptors (Lipinski definition) is 19. The van der Waals surface area contributed by atoms with Gasteiger partial charge in [0.2, 0.25) is 0 Å². The van der Waals surface area contributed by atoms with Crippen molar-refractivity contribution in [2.24, 2.45) is 11.7 Å². The van der Waals surface area contributed by atoms with E-state index in [-0.39, 0.29) is 0 Å². The first kappa shape index (κ1) is 18.2. The van der Waals surface area contributed by atoms with E-state index >= 15 is 0 Å². The van der Waals surface area contributed by atoms with Crippen molar-refractivity contribution >= 4 is 0 Å².